The zero-order chi connectivity index (χ0) is 25.7. The molecule has 0 radical (unpaired) electrons. The van der Waals surface area contributed by atoms with Crippen molar-refractivity contribution < 1.29 is 19.1 Å². The van der Waals surface area contributed by atoms with Crippen molar-refractivity contribution in [2.24, 2.45) is 5.10 Å². The molecule has 180 valence electrons. The fourth-order valence-electron chi connectivity index (χ4n) is 3.23. The lowest BCUT2D eigenvalue weighted by Crippen LogP contribution is -2.32. The van der Waals surface area contributed by atoms with Crippen LogP contribution in [0.25, 0.3) is 10.8 Å². The number of hydrazone groups is 1. The number of amides is 2. The fourth-order valence-corrected chi connectivity index (χ4v) is 3.85. The van der Waals surface area contributed by atoms with Crippen LogP contribution in [-0.2, 0) is 9.59 Å². The molecule has 0 atom stereocenters. The minimum Gasteiger partial charge on any atom is -0.422 e. The third-order valence-electron chi connectivity index (χ3n) is 4.95. The fraction of sp³-hybridized carbons (Fsp3) is 0. The predicted molar refractivity (Wildman–Crippen MR) is 141 cm³/mol. The zero-order valence-corrected chi connectivity index (χ0v) is 20.6. The summed E-state index contributed by atoms with van der Waals surface area (Å²) in [5.74, 6) is -2.44. The average molecular weight is 541 g/mol. The topological polar surface area (TPSA) is 96.9 Å². The van der Waals surface area contributed by atoms with E-state index in [1.165, 1.54) is 24.4 Å². The largest absolute Gasteiger partial charge is 0.422 e. The van der Waals surface area contributed by atoms with E-state index >= 15 is 0 Å². The lowest BCUT2D eigenvalue weighted by molar-refractivity contribution is -0.136. The predicted octanol–water partition coefficient (Wildman–Crippen LogP) is 6.11. The Morgan fingerprint density at radius 2 is 1.53 bits per heavy atom. The number of carbonyl (C=O) groups excluding carboxylic acids is 3. The Labute approximate surface area is 220 Å². The molecule has 10 heteroatoms. The maximum Gasteiger partial charge on any atom is 0.345 e. The van der Waals surface area contributed by atoms with Gasteiger partial charge in [0.15, 0.2) is 0 Å². The monoisotopic (exact) mass is 539 g/mol. The van der Waals surface area contributed by atoms with E-state index in [1.54, 1.807) is 48.5 Å². The number of halogens is 3. The number of rotatable bonds is 5. The van der Waals surface area contributed by atoms with Gasteiger partial charge in [0.1, 0.15) is 5.75 Å². The van der Waals surface area contributed by atoms with Crippen molar-refractivity contribution in [1.29, 1.82) is 0 Å². The summed E-state index contributed by atoms with van der Waals surface area (Å²) in [5.41, 5.74) is 3.10. The van der Waals surface area contributed by atoms with Gasteiger partial charge in [-0.15, -0.1) is 0 Å². The molecule has 0 saturated carbocycles. The number of nitrogens with zero attached hydrogens (tertiary/aromatic N) is 1. The van der Waals surface area contributed by atoms with Gasteiger partial charge in [-0.1, -0.05) is 65.1 Å². The van der Waals surface area contributed by atoms with Crippen LogP contribution in [0.3, 0.4) is 0 Å². The van der Waals surface area contributed by atoms with Gasteiger partial charge in [-0.2, -0.15) is 5.10 Å². The number of carbonyl (C=O) groups is 3. The molecule has 0 bridgehead atoms. The Hall–Kier alpha value is -3.91. The molecule has 0 fully saturated rings. The number of fused-ring (bicyclic) bond motifs is 1. The van der Waals surface area contributed by atoms with Crippen LogP contribution < -0.4 is 15.5 Å². The summed E-state index contributed by atoms with van der Waals surface area (Å²) in [5, 5.41) is 8.89. The Morgan fingerprint density at radius 3 is 2.28 bits per heavy atom. The van der Waals surface area contributed by atoms with E-state index < -0.39 is 17.8 Å². The van der Waals surface area contributed by atoms with Gasteiger partial charge in [0, 0.05) is 21.3 Å². The molecular weight excluding hydrogens is 525 g/mol. The van der Waals surface area contributed by atoms with Crippen LogP contribution in [0.1, 0.15) is 15.9 Å². The van der Waals surface area contributed by atoms with Crippen molar-refractivity contribution in [3.8, 4) is 5.75 Å². The van der Waals surface area contributed by atoms with E-state index in [1.807, 2.05) is 12.1 Å². The van der Waals surface area contributed by atoms with Crippen LogP contribution in [0.2, 0.25) is 15.1 Å². The van der Waals surface area contributed by atoms with E-state index in [4.69, 9.17) is 39.5 Å². The van der Waals surface area contributed by atoms with Gasteiger partial charge in [0.2, 0.25) is 0 Å². The number of esters is 1. The van der Waals surface area contributed by atoms with Crippen molar-refractivity contribution in [3.63, 3.8) is 0 Å². The highest BCUT2D eigenvalue weighted by atomic mass is 35.5. The first-order chi connectivity index (χ1) is 17.3. The van der Waals surface area contributed by atoms with Gasteiger partial charge in [-0.05, 0) is 59.3 Å². The molecule has 0 saturated heterocycles. The molecule has 4 aromatic rings. The summed E-state index contributed by atoms with van der Waals surface area (Å²) in [6.45, 7) is 0. The number of benzene rings is 4. The van der Waals surface area contributed by atoms with Crippen molar-refractivity contribution in [1.82, 2.24) is 5.43 Å². The first-order valence-electron chi connectivity index (χ1n) is 10.4. The molecule has 0 spiro atoms. The Bertz CT molecular complexity index is 1500. The first kappa shape index (κ1) is 25.2. The second kappa shape index (κ2) is 11.2. The normalized spacial score (nSPS) is 10.9. The van der Waals surface area contributed by atoms with Crippen molar-refractivity contribution in [2.75, 3.05) is 5.32 Å². The van der Waals surface area contributed by atoms with Crippen molar-refractivity contribution in [2.45, 2.75) is 0 Å². The van der Waals surface area contributed by atoms with Gasteiger partial charge in [-0.25, -0.2) is 10.2 Å². The van der Waals surface area contributed by atoms with Crippen LogP contribution in [0.5, 0.6) is 5.75 Å². The van der Waals surface area contributed by atoms with E-state index in [0.717, 1.165) is 5.39 Å². The lowest BCUT2D eigenvalue weighted by Gasteiger charge is -2.11. The maximum atomic E-state index is 12.8. The first-order valence-corrected chi connectivity index (χ1v) is 11.5. The Morgan fingerprint density at radius 1 is 0.806 bits per heavy atom. The van der Waals surface area contributed by atoms with Crippen LogP contribution in [0.15, 0.2) is 84.0 Å². The Balaban J connectivity index is 1.55. The standard InChI is InChI=1S/C26H16Cl3N3O4/c27-16-6-9-18(10-7-16)31-24(33)25(34)32-30-14-21-19-4-2-1-3-15(19)5-12-23(21)36-26(35)20-11-8-17(28)13-22(20)29/h1-14H,(H,31,33)(H,32,34)/b30-14-. The summed E-state index contributed by atoms with van der Waals surface area (Å²) >= 11 is 17.9. The minimum absolute atomic E-state index is 0.129. The highest BCUT2D eigenvalue weighted by Crippen LogP contribution is 2.29. The highest BCUT2D eigenvalue weighted by Gasteiger charge is 2.17. The maximum absolute atomic E-state index is 12.8. The quantitative estimate of drug-likeness (QED) is 0.105. The summed E-state index contributed by atoms with van der Waals surface area (Å²) in [6.07, 6.45) is 1.29. The van der Waals surface area contributed by atoms with Gasteiger partial charge in [0.05, 0.1) is 16.8 Å². The van der Waals surface area contributed by atoms with Crippen LogP contribution in [0.4, 0.5) is 5.69 Å². The van der Waals surface area contributed by atoms with E-state index in [-0.39, 0.29) is 16.3 Å². The van der Waals surface area contributed by atoms with Crippen LogP contribution in [-0.4, -0.2) is 24.0 Å². The second-order valence-corrected chi connectivity index (χ2v) is 8.65. The van der Waals surface area contributed by atoms with Crippen molar-refractivity contribution in [3.05, 3.63) is 105 Å². The molecule has 2 N–H and O–H groups in total. The van der Waals surface area contributed by atoms with Gasteiger partial charge < -0.3 is 10.1 Å². The molecule has 0 aliphatic heterocycles. The van der Waals surface area contributed by atoms with Gasteiger partial charge in [0.25, 0.3) is 0 Å². The average Bonchev–Trinajstić information content (AvgIpc) is 2.86. The molecular formula is C26H16Cl3N3O4. The molecule has 0 aliphatic carbocycles. The molecule has 7 nitrogen and oxygen atoms in total. The van der Waals surface area contributed by atoms with Crippen LogP contribution >= 0.6 is 34.8 Å². The van der Waals surface area contributed by atoms with E-state index in [9.17, 15) is 14.4 Å². The van der Waals surface area contributed by atoms with E-state index in [0.29, 0.717) is 26.7 Å². The SMILES string of the molecule is O=C(N/N=C\c1c(OC(=O)c2ccc(Cl)cc2Cl)ccc2ccccc12)C(=O)Nc1ccc(Cl)cc1. The third kappa shape index (κ3) is 6.01. The third-order valence-corrected chi connectivity index (χ3v) is 5.75. The van der Waals surface area contributed by atoms with Crippen LogP contribution in [0, 0.1) is 0 Å². The van der Waals surface area contributed by atoms with E-state index in [2.05, 4.69) is 15.8 Å². The molecule has 36 heavy (non-hydrogen) atoms. The smallest absolute Gasteiger partial charge is 0.345 e. The number of nitrogens with one attached hydrogen (secondary N) is 2. The number of hydrogen-bond acceptors (Lipinski definition) is 5. The summed E-state index contributed by atoms with van der Waals surface area (Å²) in [7, 11) is 0. The molecule has 0 aliphatic rings. The number of anilines is 1. The zero-order valence-electron chi connectivity index (χ0n) is 18.3. The summed E-state index contributed by atoms with van der Waals surface area (Å²) in [4.78, 5) is 37.1. The number of hydrogen-bond donors (Lipinski definition) is 2. The summed E-state index contributed by atoms with van der Waals surface area (Å²) in [6, 6.07) is 21.4. The number of ether oxygens (including phenoxy) is 1. The highest BCUT2D eigenvalue weighted by molar-refractivity contribution is 6.39. The molecule has 0 aromatic heterocycles. The second-order valence-electron chi connectivity index (χ2n) is 7.37. The van der Waals surface area contributed by atoms with Gasteiger partial charge >= 0.3 is 17.8 Å². The summed E-state index contributed by atoms with van der Waals surface area (Å²) < 4.78 is 5.59. The van der Waals surface area contributed by atoms with Gasteiger partial charge in [-0.3, -0.25) is 9.59 Å². The molecule has 0 heterocycles. The molecule has 4 aromatic carbocycles. The molecule has 0 unspecified atom stereocenters. The lowest BCUT2D eigenvalue weighted by atomic mass is 10.0. The van der Waals surface area contributed by atoms with Crippen molar-refractivity contribution >= 4 is 75.3 Å². The molecule has 4 rings (SSSR count). The Kier molecular flexibility index (Phi) is 7.85. The minimum atomic E-state index is -0.993. The molecule has 2 amide bonds.